The number of nitrogens with one attached hydrogen (secondary N) is 2. The molecule has 2 N–H and O–H groups in total. The summed E-state index contributed by atoms with van der Waals surface area (Å²) in [5.74, 6) is 0. The topological polar surface area (TPSA) is 24.1 Å². The molecule has 0 aromatic carbocycles. The van der Waals surface area contributed by atoms with E-state index in [1.807, 2.05) is 0 Å². The first-order valence-electron chi connectivity index (χ1n) is 1.75. The minimum atomic E-state index is 1.77. The van der Waals surface area contributed by atoms with Crippen LogP contribution in [0.3, 0.4) is 0 Å². The summed E-state index contributed by atoms with van der Waals surface area (Å²) in [6, 6.07) is 5.17. The van der Waals surface area contributed by atoms with E-state index in [-0.39, 0.29) is 0 Å². The van der Waals surface area contributed by atoms with Crippen molar-refractivity contribution in [2.45, 2.75) is 0 Å². The molecular weight excluding hydrogens is 76.1 g/mol. The Balaban J connectivity index is 2.90. The van der Waals surface area contributed by atoms with Crippen molar-refractivity contribution in [2.75, 3.05) is 14.1 Å². The molecule has 0 bridgehead atoms. The molecule has 0 saturated carbocycles. The SMILES string of the molecule is CNC#CNC. The maximum absolute atomic E-state index is 2.64. The molecule has 0 fully saturated rings. The Labute approximate surface area is 37.9 Å². The highest BCUT2D eigenvalue weighted by Crippen LogP contribution is 1.32. The van der Waals surface area contributed by atoms with E-state index in [0.717, 1.165) is 0 Å². The molecule has 0 saturated heterocycles. The second-order valence-electron chi connectivity index (χ2n) is 0.750. The zero-order chi connectivity index (χ0) is 4.83. The zero-order valence-corrected chi connectivity index (χ0v) is 4.00. The number of rotatable bonds is 0. The van der Waals surface area contributed by atoms with Crippen LogP contribution in [-0.4, -0.2) is 14.1 Å². The lowest BCUT2D eigenvalue weighted by Gasteiger charge is -1.75. The molecule has 2 nitrogen and oxygen atoms in total. The molecule has 0 aliphatic heterocycles. The third-order valence-electron chi connectivity index (χ3n) is 0.312. The molecule has 0 aliphatic carbocycles. The van der Waals surface area contributed by atoms with E-state index in [2.05, 4.69) is 22.7 Å². The van der Waals surface area contributed by atoms with Gasteiger partial charge in [-0.2, -0.15) is 0 Å². The summed E-state index contributed by atoms with van der Waals surface area (Å²) in [7, 11) is 3.54. The van der Waals surface area contributed by atoms with Crippen molar-refractivity contribution >= 4 is 0 Å². The van der Waals surface area contributed by atoms with Crippen molar-refractivity contribution in [3.63, 3.8) is 0 Å². The monoisotopic (exact) mass is 84.1 g/mol. The van der Waals surface area contributed by atoms with Gasteiger partial charge < -0.3 is 10.6 Å². The Morgan fingerprint density at radius 3 is 1.50 bits per heavy atom. The van der Waals surface area contributed by atoms with Crippen LogP contribution in [0.15, 0.2) is 0 Å². The minimum absolute atomic E-state index is 1.77. The normalized spacial score (nSPS) is 5.00. The summed E-state index contributed by atoms with van der Waals surface area (Å²) in [6.45, 7) is 0. The van der Waals surface area contributed by atoms with Gasteiger partial charge in [0.25, 0.3) is 0 Å². The Kier molecular flexibility index (Phi) is 3.58. The standard InChI is InChI=1S/C4H8N2/c1-5-3-4-6-2/h5-6H,1-2H3. The van der Waals surface area contributed by atoms with Crippen LogP contribution in [-0.2, 0) is 0 Å². The van der Waals surface area contributed by atoms with Crippen molar-refractivity contribution in [3.8, 4) is 12.1 Å². The van der Waals surface area contributed by atoms with Crippen LogP contribution in [0.2, 0.25) is 0 Å². The van der Waals surface area contributed by atoms with Gasteiger partial charge in [-0.15, -0.1) is 0 Å². The van der Waals surface area contributed by atoms with E-state index in [0.29, 0.717) is 0 Å². The molecule has 0 radical (unpaired) electrons. The molecule has 0 aromatic rings. The van der Waals surface area contributed by atoms with E-state index in [1.165, 1.54) is 0 Å². The van der Waals surface area contributed by atoms with Gasteiger partial charge in [-0.25, -0.2) is 0 Å². The average Bonchev–Trinajstić information content (AvgIpc) is 1.61. The highest BCUT2D eigenvalue weighted by Gasteiger charge is 1.48. The van der Waals surface area contributed by atoms with Gasteiger partial charge in [0.2, 0.25) is 0 Å². The fraction of sp³-hybridized carbons (Fsp3) is 0.500. The first-order valence-corrected chi connectivity index (χ1v) is 1.75. The van der Waals surface area contributed by atoms with E-state index in [4.69, 9.17) is 0 Å². The van der Waals surface area contributed by atoms with Crippen molar-refractivity contribution in [1.29, 1.82) is 0 Å². The average molecular weight is 84.1 g/mol. The Bertz CT molecular complexity index is 59.4. The third-order valence-corrected chi connectivity index (χ3v) is 0.312. The molecule has 0 unspecified atom stereocenters. The third kappa shape index (κ3) is 3.16. The quantitative estimate of drug-likeness (QED) is 0.301. The molecule has 0 rings (SSSR count). The lowest BCUT2D eigenvalue weighted by molar-refractivity contribution is 1.11. The van der Waals surface area contributed by atoms with Crippen LogP contribution in [0.25, 0.3) is 0 Å². The summed E-state index contributed by atoms with van der Waals surface area (Å²) in [6.07, 6.45) is 0. The van der Waals surface area contributed by atoms with Gasteiger partial charge >= 0.3 is 0 Å². The Morgan fingerprint density at radius 2 is 1.33 bits per heavy atom. The van der Waals surface area contributed by atoms with E-state index < -0.39 is 0 Å². The highest BCUT2D eigenvalue weighted by atomic mass is 14.8. The number of hydrogen-bond donors (Lipinski definition) is 2. The first kappa shape index (κ1) is 5.16. The lowest BCUT2D eigenvalue weighted by atomic mass is 11.0. The molecule has 0 spiro atoms. The van der Waals surface area contributed by atoms with Crippen molar-refractivity contribution < 1.29 is 0 Å². The largest absolute Gasteiger partial charge is 0.348 e. The first-order chi connectivity index (χ1) is 2.91. The summed E-state index contributed by atoms with van der Waals surface area (Å²) >= 11 is 0. The zero-order valence-electron chi connectivity index (χ0n) is 4.00. The van der Waals surface area contributed by atoms with Gasteiger partial charge in [0, 0.05) is 26.2 Å². The van der Waals surface area contributed by atoms with Gasteiger partial charge in [0.05, 0.1) is 0 Å². The van der Waals surface area contributed by atoms with E-state index >= 15 is 0 Å². The summed E-state index contributed by atoms with van der Waals surface area (Å²) in [5.41, 5.74) is 0. The molecule has 0 atom stereocenters. The Hall–Kier alpha value is -0.840. The fourth-order valence-electron chi connectivity index (χ4n) is 0.125. The van der Waals surface area contributed by atoms with Crippen LogP contribution < -0.4 is 10.6 Å². The molecular formula is C4H8N2. The van der Waals surface area contributed by atoms with Gasteiger partial charge in [0.1, 0.15) is 0 Å². The lowest BCUT2D eigenvalue weighted by Crippen LogP contribution is -1.98. The molecule has 0 aliphatic rings. The molecule has 6 heavy (non-hydrogen) atoms. The molecule has 0 amide bonds. The Morgan fingerprint density at radius 1 is 1.00 bits per heavy atom. The molecule has 0 aromatic heterocycles. The van der Waals surface area contributed by atoms with Crippen LogP contribution in [0, 0.1) is 12.1 Å². The van der Waals surface area contributed by atoms with Gasteiger partial charge in [-0.3, -0.25) is 0 Å². The van der Waals surface area contributed by atoms with Crippen LogP contribution in [0.5, 0.6) is 0 Å². The van der Waals surface area contributed by atoms with Gasteiger partial charge in [-0.1, -0.05) is 0 Å². The predicted molar refractivity (Wildman–Crippen MR) is 25.9 cm³/mol. The van der Waals surface area contributed by atoms with Gasteiger partial charge in [0.15, 0.2) is 0 Å². The molecule has 34 valence electrons. The second-order valence-corrected chi connectivity index (χ2v) is 0.750. The van der Waals surface area contributed by atoms with E-state index in [1.54, 1.807) is 14.1 Å². The van der Waals surface area contributed by atoms with Crippen LogP contribution in [0.1, 0.15) is 0 Å². The van der Waals surface area contributed by atoms with Crippen LogP contribution >= 0.6 is 0 Å². The van der Waals surface area contributed by atoms with Gasteiger partial charge in [-0.05, 0) is 0 Å². The second kappa shape index (κ2) is 4.16. The van der Waals surface area contributed by atoms with Crippen molar-refractivity contribution in [1.82, 2.24) is 10.6 Å². The maximum Gasteiger partial charge on any atom is 0.0274 e. The summed E-state index contributed by atoms with van der Waals surface area (Å²) in [4.78, 5) is 0. The number of hydrogen-bond acceptors (Lipinski definition) is 2. The minimum Gasteiger partial charge on any atom is -0.348 e. The van der Waals surface area contributed by atoms with Crippen LogP contribution in [0.4, 0.5) is 0 Å². The predicted octanol–water partition coefficient (Wildman–Crippen LogP) is -0.656. The molecule has 0 heterocycles. The smallest absolute Gasteiger partial charge is 0.0274 e. The fourth-order valence-corrected chi connectivity index (χ4v) is 0.125. The highest BCUT2D eigenvalue weighted by molar-refractivity contribution is 4.91. The molecule has 2 heteroatoms. The van der Waals surface area contributed by atoms with E-state index in [9.17, 15) is 0 Å². The summed E-state index contributed by atoms with van der Waals surface area (Å²) < 4.78 is 0. The maximum atomic E-state index is 2.64. The summed E-state index contributed by atoms with van der Waals surface area (Å²) in [5, 5.41) is 5.29. The van der Waals surface area contributed by atoms with Crippen molar-refractivity contribution in [2.24, 2.45) is 0 Å². The van der Waals surface area contributed by atoms with Crippen molar-refractivity contribution in [3.05, 3.63) is 0 Å².